The number of aliphatic hydroxyl groups is 1. The number of nitrogens with zero attached hydrogens (tertiary/aromatic N) is 1. The average Bonchev–Trinajstić information content (AvgIpc) is 2.81. The Labute approximate surface area is 107 Å². The fraction of sp³-hybridized carbons (Fsp3) is 0.846. The van der Waals surface area contributed by atoms with Crippen LogP contribution in [-0.4, -0.2) is 45.7 Å². The summed E-state index contributed by atoms with van der Waals surface area (Å²) in [7, 11) is 0. The van der Waals surface area contributed by atoms with Gasteiger partial charge in [0.25, 0.3) is 0 Å². The first-order valence-electron chi connectivity index (χ1n) is 6.80. The van der Waals surface area contributed by atoms with E-state index in [0.29, 0.717) is 19.4 Å². The molecule has 2 fully saturated rings. The van der Waals surface area contributed by atoms with E-state index < -0.39 is 18.1 Å². The topological polar surface area (TPSA) is 77.8 Å². The van der Waals surface area contributed by atoms with Crippen LogP contribution >= 0.6 is 0 Å². The van der Waals surface area contributed by atoms with Crippen molar-refractivity contribution in [1.82, 2.24) is 4.90 Å². The van der Waals surface area contributed by atoms with Gasteiger partial charge in [-0.05, 0) is 31.6 Å². The van der Waals surface area contributed by atoms with Crippen molar-refractivity contribution < 1.29 is 19.8 Å². The quantitative estimate of drug-likeness (QED) is 0.788. The number of amides is 1. The number of hydrogen-bond donors (Lipinski definition) is 2. The first-order valence-corrected chi connectivity index (χ1v) is 6.80. The maximum Gasteiger partial charge on any atom is 0.326 e. The van der Waals surface area contributed by atoms with Gasteiger partial charge >= 0.3 is 5.97 Å². The van der Waals surface area contributed by atoms with Crippen LogP contribution in [0.15, 0.2) is 0 Å². The van der Waals surface area contributed by atoms with Gasteiger partial charge in [0.15, 0.2) is 0 Å². The molecule has 1 aliphatic heterocycles. The summed E-state index contributed by atoms with van der Waals surface area (Å²) >= 11 is 0. The zero-order valence-corrected chi connectivity index (χ0v) is 10.5. The second-order valence-electron chi connectivity index (χ2n) is 5.40. The lowest BCUT2D eigenvalue weighted by molar-refractivity contribution is -0.149. The third kappa shape index (κ3) is 2.83. The van der Waals surface area contributed by atoms with Crippen molar-refractivity contribution in [3.05, 3.63) is 0 Å². The summed E-state index contributed by atoms with van der Waals surface area (Å²) in [5, 5.41) is 18.9. The molecule has 102 valence electrons. The van der Waals surface area contributed by atoms with E-state index in [1.807, 2.05) is 0 Å². The SMILES string of the molecule is O=C(O)[C@H]1CCCN1C(=O)C[C@@H]1CCCC[C@H]1O. The van der Waals surface area contributed by atoms with Crippen molar-refractivity contribution in [1.29, 1.82) is 0 Å². The summed E-state index contributed by atoms with van der Waals surface area (Å²) in [5.74, 6) is -1.00. The highest BCUT2D eigenvalue weighted by atomic mass is 16.4. The van der Waals surface area contributed by atoms with Gasteiger partial charge < -0.3 is 15.1 Å². The van der Waals surface area contributed by atoms with Gasteiger partial charge in [-0.3, -0.25) is 4.79 Å². The van der Waals surface area contributed by atoms with Gasteiger partial charge in [0.05, 0.1) is 6.10 Å². The van der Waals surface area contributed by atoms with Gasteiger partial charge in [0.1, 0.15) is 6.04 Å². The minimum Gasteiger partial charge on any atom is -0.480 e. The van der Waals surface area contributed by atoms with E-state index in [-0.39, 0.29) is 11.8 Å². The number of aliphatic carboxylic acids is 1. The van der Waals surface area contributed by atoms with E-state index in [2.05, 4.69) is 0 Å². The minimum atomic E-state index is -0.912. The van der Waals surface area contributed by atoms with Gasteiger partial charge in [-0.15, -0.1) is 0 Å². The van der Waals surface area contributed by atoms with Crippen LogP contribution in [0.25, 0.3) is 0 Å². The van der Waals surface area contributed by atoms with Gasteiger partial charge in [-0.1, -0.05) is 12.8 Å². The Morgan fingerprint density at radius 1 is 1.11 bits per heavy atom. The van der Waals surface area contributed by atoms with Crippen LogP contribution in [0.4, 0.5) is 0 Å². The van der Waals surface area contributed by atoms with E-state index in [0.717, 1.165) is 32.1 Å². The Kier molecular flexibility index (Phi) is 4.22. The maximum absolute atomic E-state index is 12.1. The van der Waals surface area contributed by atoms with Crippen molar-refractivity contribution in [3.63, 3.8) is 0 Å². The minimum absolute atomic E-state index is 0.0151. The molecule has 2 rings (SSSR count). The number of hydrogen-bond acceptors (Lipinski definition) is 3. The lowest BCUT2D eigenvalue weighted by Gasteiger charge is -2.29. The number of carboxylic acids is 1. The number of carbonyl (C=O) groups is 2. The molecule has 2 N–H and O–H groups in total. The van der Waals surface area contributed by atoms with Gasteiger partial charge in [0.2, 0.25) is 5.91 Å². The van der Waals surface area contributed by atoms with Crippen LogP contribution in [0.3, 0.4) is 0 Å². The number of carboxylic acid groups (broad SMARTS) is 1. The fourth-order valence-corrected chi connectivity index (χ4v) is 3.09. The van der Waals surface area contributed by atoms with Crippen molar-refractivity contribution in [2.75, 3.05) is 6.54 Å². The molecule has 1 amide bonds. The summed E-state index contributed by atoms with van der Waals surface area (Å²) in [6.45, 7) is 0.540. The molecule has 18 heavy (non-hydrogen) atoms. The standard InChI is InChI=1S/C13H21NO4/c15-11-6-2-1-4-9(11)8-12(16)14-7-3-5-10(14)13(17)18/h9-11,15H,1-8H2,(H,17,18)/t9-,10+,11+/m0/s1. The highest BCUT2D eigenvalue weighted by Crippen LogP contribution is 2.29. The molecule has 0 unspecified atom stereocenters. The first kappa shape index (κ1) is 13.3. The van der Waals surface area contributed by atoms with Crippen LogP contribution in [0, 0.1) is 5.92 Å². The zero-order valence-electron chi connectivity index (χ0n) is 10.5. The van der Waals surface area contributed by atoms with Crippen molar-refractivity contribution >= 4 is 11.9 Å². The Morgan fingerprint density at radius 2 is 1.83 bits per heavy atom. The third-order valence-corrected chi connectivity index (χ3v) is 4.16. The predicted octanol–water partition coefficient (Wildman–Crippen LogP) is 1.00. The van der Waals surface area contributed by atoms with Crippen molar-refractivity contribution in [2.45, 2.75) is 57.1 Å². The molecule has 3 atom stereocenters. The lowest BCUT2D eigenvalue weighted by atomic mass is 9.84. The van der Waals surface area contributed by atoms with E-state index in [9.17, 15) is 14.7 Å². The molecule has 1 saturated heterocycles. The Bertz CT molecular complexity index is 331. The molecule has 0 aromatic carbocycles. The molecule has 0 bridgehead atoms. The molecule has 1 heterocycles. The average molecular weight is 255 g/mol. The normalized spacial score (nSPS) is 32.5. The molecule has 5 heteroatoms. The van der Waals surface area contributed by atoms with Gasteiger partial charge in [-0.25, -0.2) is 4.79 Å². The van der Waals surface area contributed by atoms with E-state index in [4.69, 9.17) is 5.11 Å². The molecule has 0 radical (unpaired) electrons. The van der Waals surface area contributed by atoms with Crippen LogP contribution in [-0.2, 0) is 9.59 Å². The summed E-state index contributed by atoms with van der Waals surface area (Å²) in [5.41, 5.74) is 0. The third-order valence-electron chi connectivity index (χ3n) is 4.16. The highest BCUT2D eigenvalue weighted by Gasteiger charge is 2.35. The molecule has 5 nitrogen and oxygen atoms in total. The summed E-state index contributed by atoms with van der Waals surface area (Å²) < 4.78 is 0. The summed E-state index contributed by atoms with van der Waals surface area (Å²) in [6, 6.07) is -0.654. The second-order valence-corrected chi connectivity index (χ2v) is 5.40. The predicted molar refractivity (Wildman–Crippen MR) is 65.0 cm³/mol. The smallest absolute Gasteiger partial charge is 0.326 e. The molecular weight excluding hydrogens is 234 g/mol. The van der Waals surface area contributed by atoms with Crippen LogP contribution in [0.2, 0.25) is 0 Å². The van der Waals surface area contributed by atoms with Crippen molar-refractivity contribution in [3.8, 4) is 0 Å². The largest absolute Gasteiger partial charge is 0.480 e. The summed E-state index contributed by atoms with van der Waals surface area (Å²) in [4.78, 5) is 24.6. The van der Waals surface area contributed by atoms with Crippen LogP contribution < -0.4 is 0 Å². The molecule has 0 aromatic rings. The monoisotopic (exact) mass is 255 g/mol. The maximum atomic E-state index is 12.1. The number of rotatable bonds is 3. The number of likely N-dealkylation sites (tertiary alicyclic amines) is 1. The first-order chi connectivity index (χ1) is 8.59. The van der Waals surface area contributed by atoms with E-state index in [1.165, 1.54) is 4.90 Å². The van der Waals surface area contributed by atoms with Crippen LogP contribution in [0.5, 0.6) is 0 Å². The molecule has 1 saturated carbocycles. The van der Waals surface area contributed by atoms with Crippen molar-refractivity contribution in [2.24, 2.45) is 5.92 Å². The highest BCUT2D eigenvalue weighted by molar-refractivity contribution is 5.84. The molecule has 1 aliphatic carbocycles. The Morgan fingerprint density at radius 3 is 2.50 bits per heavy atom. The number of aliphatic hydroxyl groups excluding tert-OH is 1. The van der Waals surface area contributed by atoms with Crippen LogP contribution in [0.1, 0.15) is 44.9 Å². The molecular formula is C13H21NO4. The second kappa shape index (κ2) is 5.69. The Hall–Kier alpha value is -1.10. The fourth-order valence-electron chi connectivity index (χ4n) is 3.09. The van der Waals surface area contributed by atoms with E-state index in [1.54, 1.807) is 0 Å². The molecule has 0 aromatic heterocycles. The van der Waals surface area contributed by atoms with Gasteiger partial charge in [-0.2, -0.15) is 0 Å². The summed E-state index contributed by atoms with van der Waals surface area (Å²) in [6.07, 6.45) is 4.92. The zero-order chi connectivity index (χ0) is 13.1. The number of carbonyl (C=O) groups excluding carboxylic acids is 1. The van der Waals surface area contributed by atoms with E-state index >= 15 is 0 Å². The molecule has 0 spiro atoms. The van der Waals surface area contributed by atoms with Gasteiger partial charge in [0, 0.05) is 13.0 Å². The Balaban J connectivity index is 1.92. The lowest BCUT2D eigenvalue weighted by Crippen LogP contribution is -2.42. The molecule has 2 aliphatic rings.